The monoisotopic (exact) mass is 264 g/mol. The Labute approximate surface area is 96.4 Å². The van der Waals surface area contributed by atoms with E-state index in [2.05, 4.69) is 5.32 Å². The van der Waals surface area contributed by atoms with Crippen LogP contribution in [0.3, 0.4) is 0 Å². The summed E-state index contributed by atoms with van der Waals surface area (Å²) in [6.07, 6.45) is -4.56. The first-order chi connectivity index (χ1) is 7.79. The van der Waals surface area contributed by atoms with E-state index < -0.39 is 28.4 Å². The Hall–Kier alpha value is -1.57. The van der Waals surface area contributed by atoms with Crippen molar-refractivity contribution in [1.82, 2.24) is 0 Å². The fourth-order valence-corrected chi connectivity index (χ4v) is 2.67. The fourth-order valence-electron chi connectivity index (χ4n) is 1.54. The quantitative estimate of drug-likeness (QED) is 0.695. The Morgan fingerprint density at radius 1 is 1.35 bits per heavy atom. The number of nitrogens with two attached hydrogens (primary N) is 1. The molecule has 0 aliphatic carbocycles. The normalized spacial score (nSPS) is 19.7. The fraction of sp³-hybridized carbons (Fsp3) is 0.222. The summed E-state index contributed by atoms with van der Waals surface area (Å²) in [6, 6.07) is 1.45. The van der Waals surface area contributed by atoms with Crippen LogP contribution in [0.2, 0.25) is 0 Å². The lowest BCUT2D eigenvalue weighted by Crippen LogP contribution is -2.27. The third-order valence-corrected chi connectivity index (χ3v) is 3.64. The molecule has 1 aromatic carbocycles. The number of alkyl halides is 3. The summed E-state index contributed by atoms with van der Waals surface area (Å²) in [6.45, 7) is 0. The molecule has 8 heteroatoms. The van der Waals surface area contributed by atoms with Gasteiger partial charge < -0.3 is 11.1 Å². The molecule has 0 fully saturated rings. The number of anilines is 2. The highest BCUT2D eigenvalue weighted by Gasteiger charge is 2.34. The number of amides is 1. The summed E-state index contributed by atoms with van der Waals surface area (Å²) in [5, 5.41) is 2.23. The molecule has 1 aliphatic rings. The van der Waals surface area contributed by atoms with Crippen molar-refractivity contribution in [3.8, 4) is 0 Å². The number of halogens is 3. The van der Waals surface area contributed by atoms with Gasteiger partial charge in [0, 0.05) is 0 Å². The van der Waals surface area contributed by atoms with Gasteiger partial charge in [-0.2, -0.15) is 13.2 Å². The smallest absolute Gasteiger partial charge is 0.398 e. The lowest BCUT2D eigenvalue weighted by Gasteiger charge is -2.20. The zero-order chi connectivity index (χ0) is 12.8. The van der Waals surface area contributed by atoms with Crippen LogP contribution in [0.15, 0.2) is 17.0 Å². The molecule has 4 nitrogen and oxygen atoms in total. The zero-order valence-corrected chi connectivity index (χ0v) is 9.11. The van der Waals surface area contributed by atoms with E-state index >= 15 is 0 Å². The summed E-state index contributed by atoms with van der Waals surface area (Å²) in [7, 11) is -1.70. The highest BCUT2D eigenvalue weighted by atomic mass is 32.2. The van der Waals surface area contributed by atoms with Crippen LogP contribution in [0.25, 0.3) is 0 Å². The summed E-state index contributed by atoms with van der Waals surface area (Å²) < 4.78 is 49.0. The van der Waals surface area contributed by atoms with Crippen molar-refractivity contribution < 1.29 is 22.2 Å². The molecule has 0 bridgehead atoms. The van der Waals surface area contributed by atoms with E-state index in [0.717, 1.165) is 6.07 Å². The number of carbonyl (C=O) groups excluding carboxylic acids is 1. The van der Waals surface area contributed by atoms with E-state index in [4.69, 9.17) is 5.73 Å². The van der Waals surface area contributed by atoms with Crippen LogP contribution in [0, 0.1) is 0 Å². The Bertz CT molecular complexity index is 528. The average molecular weight is 264 g/mol. The van der Waals surface area contributed by atoms with Crippen molar-refractivity contribution >= 4 is 28.1 Å². The minimum atomic E-state index is -4.56. The first-order valence-corrected chi connectivity index (χ1v) is 5.80. The number of hydrogen-bond acceptors (Lipinski definition) is 3. The van der Waals surface area contributed by atoms with Gasteiger partial charge in [-0.1, -0.05) is 0 Å². The predicted molar refractivity (Wildman–Crippen MR) is 55.8 cm³/mol. The highest BCUT2D eigenvalue weighted by molar-refractivity contribution is 7.86. The number of carbonyl (C=O) groups is 1. The van der Waals surface area contributed by atoms with E-state index in [1.807, 2.05) is 0 Å². The van der Waals surface area contributed by atoms with Gasteiger partial charge in [0.15, 0.2) is 0 Å². The standard InChI is InChI=1S/C9H7F3N2O2S/c10-9(11,12)4-1-5(13)8-6(2-4)14-7(15)3-17(8)16/h1-2H,3,13H2,(H,14,15)/t17-/m1/s1. The lowest BCUT2D eigenvalue weighted by molar-refractivity contribution is -0.137. The Morgan fingerprint density at radius 3 is 2.59 bits per heavy atom. The van der Waals surface area contributed by atoms with Gasteiger partial charge in [0.25, 0.3) is 0 Å². The maximum absolute atomic E-state index is 12.5. The molecule has 0 spiro atoms. The topological polar surface area (TPSA) is 72.2 Å². The van der Waals surface area contributed by atoms with Gasteiger partial charge in [0.1, 0.15) is 5.75 Å². The van der Waals surface area contributed by atoms with Crippen LogP contribution in [-0.4, -0.2) is 15.9 Å². The minimum absolute atomic E-state index is 0.0533. The SMILES string of the molecule is Nc1cc(C(F)(F)F)cc2c1[S@](=O)CC(=O)N2. The molecule has 1 aliphatic heterocycles. The number of benzene rings is 1. The molecule has 3 N–H and O–H groups in total. The molecule has 1 atom stereocenters. The summed E-state index contributed by atoms with van der Waals surface area (Å²) in [5.41, 5.74) is 4.09. The summed E-state index contributed by atoms with van der Waals surface area (Å²) in [4.78, 5) is 11.1. The van der Waals surface area contributed by atoms with Crippen LogP contribution in [0.5, 0.6) is 0 Å². The number of fused-ring (bicyclic) bond motifs is 1. The predicted octanol–water partition coefficient (Wildman–Crippen LogP) is 1.35. The van der Waals surface area contributed by atoms with Crippen molar-refractivity contribution in [2.45, 2.75) is 11.1 Å². The Balaban J connectivity index is 2.61. The van der Waals surface area contributed by atoms with Gasteiger partial charge >= 0.3 is 6.18 Å². The molecule has 0 aromatic heterocycles. The number of nitrogen functional groups attached to an aromatic ring is 1. The maximum Gasteiger partial charge on any atom is 0.416 e. The average Bonchev–Trinajstić information content (AvgIpc) is 2.13. The van der Waals surface area contributed by atoms with Gasteiger partial charge in [0.2, 0.25) is 5.91 Å². The van der Waals surface area contributed by atoms with Gasteiger partial charge in [-0.25, -0.2) is 0 Å². The van der Waals surface area contributed by atoms with Gasteiger partial charge in [0.05, 0.1) is 32.6 Å². The van der Waals surface area contributed by atoms with E-state index in [1.165, 1.54) is 0 Å². The van der Waals surface area contributed by atoms with Crippen molar-refractivity contribution in [3.63, 3.8) is 0 Å². The summed E-state index contributed by atoms with van der Waals surface area (Å²) in [5.74, 6) is -0.877. The first kappa shape index (κ1) is 11.9. The number of rotatable bonds is 0. The molecule has 0 radical (unpaired) electrons. The third-order valence-electron chi connectivity index (χ3n) is 2.21. The van der Waals surface area contributed by atoms with Gasteiger partial charge in [-0.3, -0.25) is 9.00 Å². The summed E-state index contributed by atoms with van der Waals surface area (Å²) >= 11 is 0. The second-order valence-electron chi connectivity index (χ2n) is 3.48. The van der Waals surface area contributed by atoms with Gasteiger partial charge in [-0.05, 0) is 12.1 Å². The molecule has 92 valence electrons. The molecule has 2 rings (SSSR count). The highest BCUT2D eigenvalue weighted by Crippen LogP contribution is 2.37. The first-order valence-electron chi connectivity index (χ1n) is 4.48. The van der Waals surface area contributed by atoms with E-state index in [9.17, 15) is 22.2 Å². The third kappa shape index (κ3) is 2.12. The second kappa shape index (κ2) is 3.73. The van der Waals surface area contributed by atoms with Crippen LogP contribution in [0.4, 0.5) is 24.5 Å². The molecule has 1 aromatic rings. The Kier molecular flexibility index (Phi) is 2.61. The van der Waals surface area contributed by atoms with Crippen molar-refractivity contribution in [2.24, 2.45) is 0 Å². The van der Waals surface area contributed by atoms with Crippen LogP contribution >= 0.6 is 0 Å². The van der Waals surface area contributed by atoms with Crippen LogP contribution in [-0.2, 0) is 21.8 Å². The van der Waals surface area contributed by atoms with Crippen molar-refractivity contribution in [2.75, 3.05) is 16.8 Å². The molecule has 1 heterocycles. The largest absolute Gasteiger partial charge is 0.416 e. The molecular formula is C9H7F3N2O2S. The van der Waals surface area contributed by atoms with E-state index in [-0.39, 0.29) is 22.0 Å². The van der Waals surface area contributed by atoms with E-state index in [0.29, 0.717) is 6.07 Å². The molecule has 1 amide bonds. The number of hydrogen-bond donors (Lipinski definition) is 2. The number of nitrogens with one attached hydrogen (secondary N) is 1. The van der Waals surface area contributed by atoms with Crippen molar-refractivity contribution in [1.29, 1.82) is 0 Å². The maximum atomic E-state index is 12.5. The van der Waals surface area contributed by atoms with Crippen LogP contribution < -0.4 is 11.1 Å². The molecule has 0 unspecified atom stereocenters. The Morgan fingerprint density at radius 2 is 2.00 bits per heavy atom. The van der Waals surface area contributed by atoms with E-state index in [1.54, 1.807) is 0 Å². The van der Waals surface area contributed by atoms with Gasteiger partial charge in [-0.15, -0.1) is 0 Å². The molecular weight excluding hydrogens is 257 g/mol. The second-order valence-corrected chi connectivity index (χ2v) is 4.87. The zero-order valence-electron chi connectivity index (χ0n) is 8.30. The molecule has 0 saturated carbocycles. The molecule has 0 saturated heterocycles. The van der Waals surface area contributed by atoms with Crippen LogP contribution in [0.1, 0.15) is 5.56 Å². The van der Waals surface area contributed by atoms with Crippen molar-refractivity contribution in [3.05, 3.63) is 17.7 Å². The minimum Gasteiger partial charge on any atom is -0.398 e. The molecule has 17 heavy (non-hydrogen) atoms. The lowest BCUT2D eigenvalue weighted by atomic mass is 10.1.